The quantitative estimate of drug-likeness (QED) is 0.295. The summed E-state index contributed by atoms with van der Waals surface area (Å²) in [5.74, 6) is -0.362. The number of ether oxygens (including phenoxy) is 3. The van der Waals surface area contributed by atoms with Crippen LogP contribution in [0.1, 0.15) is 40.2 Å². The third-order valence-electron chi connectivity index (χ3n) is 5.52. The van der Waals surface area contributed by atoms with Gasteiger partial charge in [-0.2, -0.15) is 0 Å². The smallest absolute Gasteiger partial charge is 0.339 e. The van der Waals surface area contributed by atoms with Gasteiger partial charge in [-0.1, -0.05) is 48.5 Å². The lowest BCUT2D eigenvalue weighted by molar-refractivity contribution is 0.0260. The molecule has 6 nitrogen and oxygen atoms in total. The molecule has 4 aromatic rings. The fourth-order valence-electron chi connectivity index (χ4n) is 3.76. The zero-order valence-electron chi connectivity index (χ0n) is 19.7. The van der Waals surface area contributed by atoms with Crippen molar-refractivity contribution >= 4 is 29.0 Å². The van der Waals surface area contributed by atoms with E-state index >= 15 is 0 Å². The van der Waals surface area contributed by atoms with Crippen LogP contribution in [0.15, 0.2) is 78.9 Å². The number of benzene rings is 3. The number of aromatic carboxylic acids is 1. The van der Waals surface area contributed by atoms with Crippen molar-refractivity contribution in [2.24, 2.45) is 0 Å². The van der Waals surface area contributed by atoms with Gasteiger partial charge in [0.15, 0.2) is 0 Å². The molecule has 0 aliphatic carbocycles. The molecule has 0 saturated heterocycles. The van der Waals surface area contributed by atoms with E-state index in [0.717, 1.165) is 27.7 Å². The topological polar surface area (TPSA) is 77.9 Å². The first kappa shape index (κ1) is 24.0. The second-order valence-corrected chi connectivity index (χ2v) is 7.85. The Morgan fingerprint density at radius 2 is 1.86 bits per heavy atom. The molecule has 0 bridgehead atoms. The molecule has 35 heavy (non-hydrogen) atoms. The fourth-order valence-corrected chi connectivity index (χ4v) is 3.76. The highest BCUT2D eigenvalue weighted by Gasteiger charge is 2.17. The van der Waals surface area contributed by atoms with E-state index in [2.05, 4.69) is 11.1 Å². The van der Waals surface area contributed by atoms with Gasteiger partial charge in [0.2, 0.25) is 0 Å². The first-order valence-electron chi connectivity index (χ1n) is 11.4. The zero-order chi connectivity index (χ0) is 24.6. The Morgan fingerprint density at radius 3 is 2.66 bits per heavy atom. The van der Waals surface area contributed by atoms with Crippen LogP contribution in [0.4, 0.5) is 0 Å². The van der Waals surface area contributed by atoms with Gasteiger partial charge in [0.05, 0.1) is 18.3 Å². The number of pyridine rings is 1. The molecular weight excluding hydrogens is 442 g/mol. The van der Waals surface area contributed by atoms with Crippen LogP contribution in [0, 0.1) is 0 Å². The first-order valence-corrected chi connectivity index (χ1v) is 11.4. The third-order valence-corrected chi connectivity index (χ3v) is 5.52. The van der Waals surface area contributed by atoms with Gasteiger partial charge in [-0.05, 0) is 60.5 Å². The molecule has 0 aliphatic heterocycles. The average Bonchev–Trinajstić information content (AvgIpc) is 2.89. The molecule has 0 amide bonds. The Morgan fingerprint density at radius 1 is 1.00 bits per heavy atom. The van der Waals surface area contributed by atoms with Crippen molar-refractivity contribution in [3.8, 4) is 11.5 Å². The van der Waals surface area contributed by atoms with E-state index in [1.807, 2.05) is 73.7 Å². The Hall–Kier alpha value is -4.16. The molecule has 3 aromatic carbocycles. The summed E-state index contributed by atoms with van der Waals surface area (Å²) < 4.78 is 16.9. The van der Waals surface area contributed by atoms with E-state index in [0.29, 0.717) is 12.4 Å². The fraction of sp³-hybridized carbons (Fsp3) is 0.172. The molecule has 1 heterocycles. The van der Waals surface area contributed by atoms with Crippen molar-refractivity contribution in [3.05, 3.63) is 101 Å². The van der Waals surface area contributed by atoms with Crippen molar-refractivity contribution in [1.82, 2.24) is 4.98 Å². The first-order chi connectivity index (χ1) is 17.1. The van der Waals surface area contributed by atoms with Gasteiger partial charge in [-0.25, -0.2) is 9.78 Å². The molecule has 6 heteroatoms. The molecular formula is C29H27NO5. The maximum Gasteiger partial charge on any atom is 0.339 e. The molecule has 0 spiro atoms. The Bertz CT molecular complexity index is 1350. The van der Waals surface area contributed by atoms with Crippen LogP contribution in [0.5, 0.6) is 11.5 Å². The summed E-state index contributed by atoms with van der Waals surface area (Å²) >= 11 is 0. The monoisotopic (exact) mass is 469 g/mol. The Kier molecular flexibility index (Phi) is 7.75. The lowest BCUT2D eigenvalue weighted by Gasteiger charge is -2.19. The zero-order valence-corrected chi connectivity index (χ0v) is 19.7. The molecule has 0 aliphatic rings. The lowest BCUT2D eigenvalue weighted by Crippen LogP contribution is -2.15. The van der Waals surface area contributed by atoms with Crippen molar-refractivity contribution in [2.75, 3.05) is 20.3 Å². The predicted molar refractivity (Wildman–Crippen MR) is 137 cm³/mol. The van der Waals surface area contributed by atoms with Crippen LogP contribution in [0.3, 0.4) is 0 Å². The number of nitrogens with zero attached hydrogens (tertiary/aromatic N) is 1. The highest BCUT2D eigenvalue weighted by molar-refractivity contribution is 5.91. The van der Waals surface area contributed by atoms with E-state index < -0.39 is 5.97 Å². The van der Waals surface area contributed by atoms with E-state index in [1.165, 1.54) is 13.2 Å². The van der Waals surface area contributed by atoms with Gasteiger partial charge in [0, 0.05) is 12.0 Å². The van der Waals surface area contributed by atoms with Gasteiger partial charge in [0.25, 0.3) is 0 Å². The van der Waals surface area contributed by atoms with Crippen LogP contribution < -0.4 is 9.47 Å². The third kappa shape index (κ3) is 6.05. The normalized spacial score (nSPS) is 12.1. The second-order valence-electron chi connectivity index (χ2n) is 7.85. The number of carboxylic acid groups (broad SMARTS) is 1. The van der Waals surface area contributed by atoms with Gasteiger partial charge in [-0.3, -0.25) is 0 Å². The molecule has 1 aromatic heterocycles. The summed E-state index contributed by atoms with van der Waals surface area (Å²) in [7, 11) is 1.49. The number of fused-ring (bicyclic) bond motifs is 1. The SMILES string of the molecule is CCO[C@@H](COc1ccc(OC)cc1C(=O)O)c1cccc(/C=C/c2ccc3ccccc3n2)c1. The number of aromatic nitrogens is 1. The number of rotatable bonds is 10. The number of methoxy groups -OCH3 is 1. The summed E-state index contributed by atoms with van der Waals surface area (Å²) in [5, 5.41) is 10.6. The summed E-state index contributed by atoms with van der Waals surface area (Å²) in [6.45, 7) is 2.57. The maximum absolute atomic E-state index is 11.7. The standard InChI is InChI=1S/C29H27NO5/c1-3-34-28(19-35-27-16-15-24(33-2)18-25(27)29(31)32)22-9-6-7-20(17-22)11-13-23-14-12-21-8-4-5-10-26(21)30-23/h4-18,28H,3,19H2,1-2H3,(H,31,32)/b13-11+/t28-/m0/s1. The highest BCUT2D eigenvalue weighted by atomic mass is 16.5. The molecule has 1 N–H and O–H groups in total. The summed E-state index contributed by atoms with van der Waals surface area (Å²) in [5.41, 5.74) is 3.80. The van der Waals surface area contributed by atoms with E-state index in [1.54, 1.807) is 12.1 Å². The van der Waals surface area contributed by atoms with Gasteiger partial charge >= 0.3 is 5.97 Å². The highest BCUT2D eigenvalue weighted by Crippen LogP contribution is 2.27. The van der Waals surface area contributed by atoms with Crippen LogP contribution in [0.2, 0.25) is 0 Å². The molecule has 0 radical (unpaired) electrons. The van der Waals surface area contributed by atoms with Gasteiger partial charge in [-0.15, -0.1) is 0 Å². The maximum atomic E-state index is 11.7. The largest absolute Gasteiger partial charge is 0.497 e. The van der Waals surface area contributed by atoms with Crippen molar-refractivity contribution in [2.45, 2.75) is 13.0 Å². The van der Waals surface area contributed by atoms with E-state index in [9.17, 15) is 9.90 Å². The summed E-state index contributed by atoms with van der Waals surface area (Å²) in [4.78, 5) is 16.3. The number of hydrogen-bond donors (Lipinski definition) is 1. The van der Waals surface area contributed by atoms with Crippen molar-refractivity contribution in [1.29, 1.82) is 0 Å². The lowest BCUT2D eigenvalue weighted by atomic mass is 10.1. The molecule has 4 rings (SSSR count). The molecule has 178 valence electrons. The van der Waals surface area contributed by atoms with Crippen LogP contribution in [-0.2, 0) is 4.74 Å². The Balaban J connectivity index is 1.51. The van der Waals surface area contributed by atoms with Crippen LogP contribution in [-0.4, -0.2) is 36.4 Å². The summed E-state index contributed by atoms with van der Waals surface area (Å²) in [6, 6.07) is 24.8. The molecule has 0 fully saturated rings. The van der Waals surface area contributed by atoms with E-state index in [4.69, 9.17) is 14.2 Å². The predicted octanol–water partition coefficient (Wildman–Crippen LogP) is 6.27. The molecule has 0 unspecified atom stereocenters. The number of carbonyl (C=O) groups is 1. The molecule has 0 saturated carbocycles. The minimum atomic E-state index is -1.08. The average molecular weight is 470 g/mol. The van der Waals surface area contributed by atoms with Gasteiger partial charge < -0.3 is 19.3 Å². The summed E-state index contributed by atoms with van der Waals surface area (Å²) in [6.07, 6.45) is 3.63. The van der Waals surface area contributed by atoms with Crippen LogP contribution in [0.25, 0.3) is 23.1 Å². The van der Waals surface area contributed by atoms with Crippen molar-refractivity contribution in [3.63, 3.8) is 0 Å². The van der Waals surface area contributed by atoms with Crippen molar-refractivity contribution < 1.29 is 24.1 Å². The minimum absolute atomic E-state index is 0.0409. The minimum Gasteiger partial charge on any atom is -0.497 e. The van der Waals surface area contributed by atoms with Gasteiger partial charge in [0.1, 0.15) is 29.8 Å². The number of para-hydroxylation sites is 1. The van der Waals surface area contributed by atoms with Crippen LogP contribution >= 0.6 is 0 Å². The number of hydrogen-bond acceptors (Lipinski definition) is 5. The second kappa shape index (κ2) is 11.3. The molecule has 1 atom stereocenters. The van der Waals surface area contributed by atoms with E-state index in [-0.39, 0.29) is 24.0 Å². The number of carboxylic acids is 1. The Labute approximate surface area is 204 Å².